The predicted octanol–water partition coefficient (Wildman–Crippen LogP) is 18.0. The topological polar surface area (TPSA) is 221 Å². The lowest BCUT2D eigenvalue weighted by Crippen LogP contribution is -2.52. The van der Waals surface area contributed by atoms with Crippen LogP contribution in [0.1, 0.15) is 322 Å². The van der Waals surface area contributed by atoms with Crippen molar-refractivity contribution in [3.8, 4) is 0 Å². The average Bonchev–Trinajstić information content (AvgIpc) is 1.35. The molecule has 0 unspecified atom stereocenters. The Bertz CT molecular complexity index is 2280. The third kappa shape index (κ3) is 27.6. The highest BCUT2D eigenvalue weighted by atomic mass is 16.6. The van der Waals surface area contributed by atoms with E-state index < -0.39 is 44.4 Å². The second-order valence-electron chi connectivity index (χ2n) is 32.1. The predicted molar refractivity (Wildman–Crippen MR) is 382 cm³/mol. The van der Waals surface area contributed by atoms with Gasteiger partial charge in [-0.05, 0) is 205 Å². The minimum Gasteiger partial charge on any atom is -0.465 e. The molecule has 4 aliphatic carbocycles. The lowest BCUT2D eigenvalue weighted by molar-refractivity contribution is -0.190. The fraction of sp³-hybridized carbons (Fsp3) is 0.910. The molecular weight excluding hydrogens is 1220 g/mol. The van der Waals surface area contributed by atoms with E-state index in [-0.39, 0.29) is 111 Å². The Hall–Kier alpha value is -3.87. The van der Waals surface area contributed by atoms with E-state index in [0.717, 1.165) is 109 Å². The van der Waals surface area contributed by atoms with Crippen molar-refractivity contribution in [2.75, 3.05) is 73.2 Å². The van der Waals surface area contributed by atoms with Gasteiger partial charge in [-0.1, -0.05) is 104 Å². The fourth-order valence-electron chi connectivity index (χ4n) is 12.4. The van der Waals surface area contributed by atoms with Crippen molar-refractivity contribution in [2.24, 2.45) is 43.3 Å². The van der Waals surface area contributed by atoms with Crippen LogP contribution in [0.2, 0.25) is 0 Å². The van der Waals surface area contributed by atoms with Crippen LogP contribution in [-0.4, -0.2) is 137 Å². The number of hydrogen-bond acceptors (Lipinski definition) is 18. The van der Waals surface area contributed by atoms with Crippen LogP contribution < -0.4 is 0 Å². The number of ether oxygens (including phenoxy) is 11. The molecule has 0 amide bonds. The van der Waals surface area contributed by atoms with Gasteiger partial charge in [0.05, 0.1) is 60.9 Å². The second-order valence-corrected chi connectivity index (χ2v) is 32.1. The van der Waals surface area contributed by atoms with Gasteiger partial charge in [-0.3, -0.25) is 28.8 Å². The standard InChI is InChI=1S/2C20H36O5.C19H34O5.C17H32O3.2CH4/c1-7-18(2,3)17(22)24-14-11-16(21)25-20(12-9-8-10-13-20)19(4,5)15-23-6;1-7-18(3,4)17(22)24-14-11-16(21)25-20(12-9-10-13-20)19(5,6)15-23-8-2;1-7-17(3,4)16(21)23-13-15(20)24-19(11-9-10-12-19)18(5,6)14-22-8-2;1-7-15(3,4)14(18)20-17(11-9-10-12-17)16(5,6)13-19-8-2;;/h2*7-15H2,1-6H3;7-14H2,1-6H3;7-13H2,1-6H3;2*1H4. The molecule has 566 valence electrons. The third-order valence-corrected chi connectivity index (χ3v) is 21.7. The highest BCUT2D eigenvalue weighted by molar-refractivity contribution is 5.80. The highest BCUT2D eigenvalue weighted by Crippen LogP contribution is 2.51. The van der Waals surface area contributed by atoms with E-state index in [0.29, 0.717) is 65.5 Å². The van der Waals surface area contributed by atoms with Gasteiger partial charge in [0.25, 0.3) is 0 Å². The van der Waals surface area contributed by atoms with Crippen molar-refractivity contribution < 1.29 is 85.7 Å². The molecule has 0 aromatic heterocycles. The highest BCUT2D eigenvalue weighted by Gasteiger charge is 2.54. The van der Waals surface area contributed by atoms with Gasteiger partial charge in [0.1, 0.15) is 35.6 Å². The Labute approximate surface area is 585 Å². The molecule has 0 aliphatic heterocycles. The number of carbonyl (C=O) groups excluding carboxylic acids is 7. The number of methoxy groups -OCH3 is 1. The zero-order valence-corrected chi connectivity index (χ0v) is 64.2. The van der Waals surface area contributed by atoms with Gasteiger partial charge in [0.15, 0.2) is 6.61 Å². The van der Waals surface area contributed by atoms with Crippen LogP contribution >= 0.6 is 0 Å². The van der Waals surface area contributed by atoms with E-state index in [1.165, 1.54) is 6.42 Å². The number of hydrogen-bond donors (Lipinski definition) is 0. The zero-order valence-electron chi connectivity index (χ0n) is 64.2. The molecule has 0 heterocycles. The van der Waals surface area contributed by atoms with Crippen molar-refractivity contribution in [3.63, 3.8) is 0 Å². The SMILES string of the molecule is C.C.CCC(C)(C)C(=O)OCCC(=O)OC1(C(C)(C)COC)CCCCC1.CCOCC(C)(C)C1(OC(=O)C(C)(C)CC)CCCC1.CCOCC(C)(C)C1(OC(=O)CCOC(=O)C(C)(C)CC)CCCC1.CCOCC(C)(C)C1(OC(=O)COC(=O)C(C)(C)CC)CCCC1. The van der Waals surface area contributed by atoms with Crippen molar-refractivity contribution in [1.82, 2.24) is 0 Å². The van der Waals surface area contributed by atoms with Crippen LogP contribution in [0, 0.1) is 43.3 Å². The Morgan fingerprint density at radius 2 is 0.552 bits per heavy atom. The van der Waals surface area contributed by atoms with Gasteiger partial charge in [0, 0.05) is 48.6 Å². The van der Waals surface area contributed by atoms with Crippen LogP contribution in [-0.2, 0) is 85.7 Å². The zero-order chi connectivity index (χ0) is 72.2. The second kappa shape index (κ2) is 41.8. The maximum absolute atomic E-state index is 12.5. The summed E-state index contributed by atoms with van der Waals surface area (Å²) < 4.78 is 61.8. The van der Waals surface area contributed by atoms with Crippen molar-refractivity contribution >= 4 is 41.8 Å². The summed E-state index contributed by atoms with van der Waals surface area (Å²) in [6.45, 7) is 49.7. The molecule has 4 saturated carbocycles. The summed E-state index contributed by atoms with van der Waals surface area (Å²) in [5.74, 6) is -2.03. The van der Waals surface area contributed by atoms with Gasteiger partial charge in [0.2, 0.25) is 0 Å². The fourth-order valence-corrected chi connectivity index (χ4v) is 12.4. The van der Waals surface area contributed by atoms with E-state index in [4.69, 9.17) is 52.1 Å². The molecule has 0 bridgehead atoms. The normalized spacial score (nSPS) is 17.5. The minimum absolute atomic E-state index is 0. The van der Waals surface area contributed by atoms with Crippen LogP contribution in [0.25, 0.3) is 0 Å². The molecule has 0 N–H and O–H groups in total. The van der Waals surface area contributed by atoms with E-state index in [1.807, 2.05) is 104 Å². The van der Waals surface area contributed by atoms with Crippen molar-refractivity contribution in [1.29, 1.82) is 0 Å². The Balaban J connectivity index is 0. The molecule has 0 aromatic carbocycles. The van der Waals surface area contributed by atoms with Crippen molar-refractivity contribution in [3.05, 3.63) is 0 Å². The van der Waals surface area contributed by atoms with Crippen molar-refractivity contribution in [2.45, 2.75) is 344 Å². The van der Waals surface area contributed by atoms with E-state index in [2.05, 4.69) is 55.4 Å². The van der Waals surface area contributed by atoms with E-state index in [9.17, 15) is 33.6 Å². The molecule has 4 aliphatic rings. The molecule has 4 rings (SSSR count). The maximum atomic E-state index is 12.5. The molecule has 0 saturated heterocycles. The molecule has 0 aromatic rings. The molecule has 0 atom stereocenters. The lowest BCUT2D eigenvalue weighted by atomic mass is 9.67. The first-order valence-electron chi connectivity index (χ1n) is 36.1. The monoisotopic (exact) mass is 1370 g/mol. The van der Waals surface area contributed by atoms with E-state index >= 15 is 0 Å². The summed E-state index contributed by atoms with van der Waals surface area (Å²) in [4.78, 5) is 85.6. The smallest absolute Gasteiger partial charge is 0.344 e. The summed E-state index contributed by atoms with van der Waals surface area (Å²) >= 11 is 0. The summed E-state index contributed by atoms with van der Waals surface area (Å²) in [6, 6.07) is 0. The molecular formula is C78H146O18. The largest absolute Gasteiger partial charge is 0.465 e. The van der Waals surface area contributed by atoms with E-state index in [1.54, 1.807) is 7.11 Å². The van der Waals surface area contributed by atoms with Crippen LogP contribution in [0.15, 0.2) is 0 Å². The van der Waals surface area contributed by atoms with Gasteiger partial charge in [-0.2, -0.15) is 0 Å². The maximum Gasteiger partial charge on any atom is 0.344 e. The quantitative estimate of drug-likeness (QED) is 0.0425. The molecule has 0 radical (unpaired) electrons. The summed E-state index contributed by atoms with van der Waals surface area (Å²) in [5.41, 5.74) is -4.80. The molecule has 18 heteroatoms. The first-order chi connectivity index (χ1) is 43.5. The summed E-state index contributed by atoms with van der Waals surface area (Å²) in [5, 5.41) is 0. The van der Waals surface area contributed by atoms with Gasteiger partial charge < -0.3 is 52.1 Å². The van der Waals surface area contributed by atoms with Gasteiger partial charge >= 0.3 is 41.8 Å². The molecule has 96 heavy (non-hydrogen) atoms. The number of esters is 7. The first kappa shape index (κ1) is 94.2. The van der Waals surface area contributed by atoms with Crippen LogP contribution in [0.5, 0.6) is 0 Å². The Kier molecular flexibility index (Phi) is 41.0. The molecule has 0 spiro atoms. The van der Waals surface area contributed by atoms with Gasteiger partial charge in [-0.25, -0.2) is 4.79 Å². The minimum atomic E-state index is -0.584. The van der Waals surface area contributed by atoms with Gasteiger partial charge in [-0.15, -0.1) is 0 Å². The summed E-state index contributed by atoms with van der Waals surface area (Å²) in [6.07, 6.45) is 19.8. The molecule has 18 nitrogen and oxygen atoms in total. The van der Waals surface area contributed by atoms with Crippen LogP contribution in [0.4, 0.5) is 0 Å². The average molecular weight is 1370 g/mol. The third-order valence-electron chi connectivity index (χ3n) is 21.7. The molecule has 4 fully saturated rings. The number of rotatable bonds is 35. The Morgan fingerprint density at radius 3 is 0.823 bits per heavy atom. The Morgan fingerprint density at radius 1 is 0.312 bits per heavy atom. The lowest BCUT2D eigenvalue weighted by Gasteiger charge is -2.48. The van der Waals surface area contributed by atoms with Crippen LogP contribution in [0.3, 0.4) is 0 Å². The summed E-state index contributed by atoms with van der Waals surface area (Å²) in [7, 11) is 1.68. The first-order valence-corrected chi connectivity index (χ1v) is 36.1. The number of carbonyl (C=O) groups is 7.